The number of rotatable bonds is 6. The maximum absolute atomic E-state index is 12.5. The van der Waals surface area contributed by atoms with Crippen LogP contribution in [0.2, 0.25) is 0 Å². The second-order valence-corrected chi connectivity index (χ2v) is 6.31. The number of carbonyl (C=O) groups excluding carboxylic acids is 1. The Morgan fingerprint density at radius 3 is 2.68 bits per heavy atom. The molecule has 140 valence electrons. The van der Waals surface area contributed by atoms with Gasteiger partial charge in [0.05, 0.1) is 5.56 Å². The van der Waals surface area contributed by atoms with Crippen LogP contribution in [0.1, 0.15) is 25.3 Å². The summed E-state index contributed by atoms with van der Waals surface area (Å²) in [6, 6.07) is 4.52. The van der Waals surface area contributed by atoms with E-state index in [0.29, 0.717) is 0 Å². The number of alkyl halides is 3. The molecule has 0 radical (unpaired) electrons. The minimum absolute atomic E-state index is 0.0395. The van der Waals surface area contributed by atoms with Gasteiger partial charge in [-0.25, -0.2) is 0 Å². The molecule has 3 N–H and O–H groups in total. The molecule has 25 heavy (non-hydrogen) atoms. The fourth-order valence-electron chi connectivity index (χ4n) is 2.72. The molecule has 1 heterocycles. The number of carbonyl (C=O) groups is 1. The van der Waals surface area contributed by atoms with E-state index in [9.17, 15) is 23.1 Å². The first kappa shape index (κ1) is 19.5. The van der Waals surface area contributed by atoms with Crippen LogP contribution in [0.4, 0.5) is 13.2 Å². The molecule has 0 aliphatic carbocycles. The quantitative estimate of drug-likeness (QED) is 0.725. The number of benzene rings is 1. The monoisotopic (exact) mass is 360 g/mol. The van der Waals surface area contributed by atoms with Gasteiger partial charge in [0.15, 0.2) is 0 Å². The number of hydrogen-bond acceptors (Lipinski definition) is 4. The van der Waals surface area contributed by atoms with Crippen molar-refractivity contribution in [1.29, 1.82) is 0 Å². The Morgan fingerprint density at radius 1 is 1.40 bits per heavy atom. The zero-order valence-corrected chi connectivity index (χ0v) is 14.0. The molecule has 1 fully saturated rings. The lowest BCUT2D eigenvalue weighted by Crippen LogP contribution is -2.44. The molecule has 0 aromatic heterocycles. The Labute approximate surface area is 144 Å². The Morgan fingerprint density at radius 2 is 2.08 bits per heavy atom. The van der Waals surface area contributed by atoms with E-state index in [-0.39, 0.29) is 36.8 Å². The number of amides is 1. The molecule has 1 aliphatic rings. The molecule has 0 spiro atoms. The van der Waals surface area contributed by atoms with E-state index in [1.54, 1.807) is 0 Å². The zero-order chi connectivity index (χ0) is 18.4. The maximum Gasteiger partial charge on any atom is 0.416 e. The molecular weight excluding hydrogens is 337 g/mol. The van der Waals surface area contributed by atoms with Gasteiger partial charge < -0.3 is 20.5 Å². The number of halogens is 3. The Kier molecular flexibility index (Phi) is 6.66. The Hall–Kier alpha value is -1.80. The van der Waals surface area contributed by atoms with Crippen LogP contribution in [0.15, 0.2) is 24.3 Å². The van der Waals surface area contributed by atoms with Crippen molar-refractivity contribution in [3.63, 3.8) is 0 Å². The summed E-state index contributed by atoms with van der Waals surface area (Å²) in [6.07, 6.45) is -3.82. The Balaban J connectivity index is 1.71. The first-order chi connectivity index (χ1) is 11.8. The molecule has 0 bridgehead atoms. The van der Waals surface area contributed by atoms with Gasteiger partial charge in [0.2, 0.25) is 5.91 Å². The van der Waals surface area contributed by atoms with Crippen LogP contribution in [0.3, 0.4) is 0 Å². The average Bonchev–Trinajstić information content (AvgIpc) is 2.57. The van der Waals surface area contributed by atoms with Crippen LogP contribution in [-0.4, -0.2) is 42.9 Å². The van der Waals surface area contributed by atoms with Crippen molar-refractivity contribution in [3.05, 3.63) is 29.8 Å². The third-order valence-corrected chi connectivity index (χ3v) is 4.13. The van der Waals surface area contributed by atoms with E-state index in [0.717, 1.165) is 31.5 Å². The molecule has 1 aromatic rings. The van der Waals surface area contributed by atoms with Gasteiger partial charge in [-0.15, -0.1) is 0 Å². The summed E-state index contributed by atoms with van der Waals surface area (Å²) in [5.74, 6) is 0.0618. The van der Waals surface area contributed by atoms with Gasteiger partial charge in [0.1, 0.15) is 18.5 Å². The van der Waals surface area contributed by atoms with E-state index >= 15 is 0 Å². The van der Waals surface area contributed by atoms with Gasteiger partial charge in [0.25, 0.3) is 0 Å². The van der Waals surface area contributed by atoms with E-state index in [1.807, 2.05) is 6.92 Å². The fourth-order valence-corrected chi connectivity index (χ4v) is 2.72. The van der Waals surface area contributed by atoms with Crippen LogP contribution < -0.4 is 15.4 Å². The molecule has 1 saturated heterocycles. The number of aliphatic hydroxyl groups excluding tert-OH is 1. The topological polar surface area (TPSA) is 70.6 Å². The summed E-state index contributed by atoms with van der Waals surface area (Å²) >= 11 is 0. The predicted molar refractivity (Wildman–Crippen MR) is 86.1 cm³/mol. The van der Waals surface area contributed by atoms with Crippen molar-refractivity contribution in [2.45, 2.75) is 38.1 Å². The van der Waals surface area contributed by atoms with Crippen molar-refractivity contribution in [3.8, 4) is 5.75 Å². The van der Waals surface area contributed by atoms with Crippen LogP contribution >= 0.6 is 0 Å². The molecule has 5 nitrogen and oxygen atoms in total. The summed E-state index contributed by atoms with van der Waals surface area (Å²) < 4.78 is 42.6. The number of aliphatic hydroxyl groups is 1. The van der Waals surface area contributed by atoms with Crippen LogP contribution in [0.25, 0.3) is 0 Å². The lowest BCUT2D eigenvalue weighted by molar-refractivity contribution is -0.137. The molecule has 1 amide bonds. The average molecular weight is 360 g/mol. The van der Waals surface area contributed by atoms with Crippen molar-refractivity contribution >= 4 is 5.91 Å². The second kappa shape index (κ2) is 8.53. The smallest absolute Gasteiger partial charge is 0.416 e. The molecule has 8 heteroatoms. The highest BCUT2D eigenvalue weighted by Crippen LogP contribution is 2.30. The van der Waals surface area contributed by atoms with E-state index in [4.69, 9.17) is 4.74 Å². The minimum Gasteiger partial charge on any atom is -0.491 e. The summed E-state index contributed by atoms with van der Waals surface area (Å²) in [7, 11) is 0. The van der Waals surface area contributed by atoms with E-state index in [2.05, 4.69) is 10.6 Å². The van der Waals surface area contributed by atoms with Crippen LogP contribution in [-0.2, 0) is 11.0 Å². The molecule has 1 aromatic carbocycles. The molecule has 1 unspecified atom stereocenters. The van der Waals surface area contributed by atoms with Gasteiger partial charge >= 0.3 is 6.18 Å². The van der Waals surface area contributed by atoms with Gasteiger partial charge in [-0.3, -0.25) is 4.79 Å². The van der Waals surface area contributed by atoms with Gasteiger partial charge in [-0.05, 0) is 50.6 Å². The molecule has 2 rings (SSSR count). The normalized spacial score (nSPS) is 22.3. The third-order valence-electron chi connectivity index (χ3n) is 4.13. The lowest BCUT2D eigenvalue weighted by Gasteiger charge is -2.27. The highest BCUT2D eigenvalue weighted by Gasteiger charge is 2.30. The van der Waals surface area contributed by atoms with Crippen molar-refractivity contribution in [2.24, 2.45) is 5.92 Å². The van der Waals surface area contributed by atoms with Crippen molar-refractivity contribution in [1.82, 2.24) is 10.6 Å². The number of piperidine rings is 1. The Bertz CT molecular complexity index is 563. The lowest BCUT2D eigenvalue weighted by atomic mass is 9.92. The summed E-state index contributed by atoms with van der Waals surface area (Å²) in [4.78, 5) is 12.1. The first-order valence-electron chi connectivity index (χ1n) is 8.25. The zero-order valence-electron chi connectivity index (χ0n) is 14.0. The standard InChI is InChI=1S/C17H23F3N2O3/c1-11-8-12(6-7-21-11)16(24)22-9-14(23)10-25-15-4-2-13(3-5-15)17(18,19)20/h2-5,11-12,14,21,23H,6-10H2,1H3,(H,22,24)/t11-,12-,14?/m0/s1. The van der Waals surface area contributed by atoms with Gasteiger partial charge in [-0.1, -0.05) is 0 Å². The maximum atomic E-state index is 12.5. The molecule has 3 atom stereocenters. The molecule has 1 aliphatic heterocycles. The highest BCUT2D eigenvalue weighted by atomic mass is 19.4. The third kappa shape index (κ3) is 6.21. The van der Waals surface area contributed by atoms with E-state index < -0.39 is 17.8 Å². The summed E-state index contributed by atoms with van der Waals surface area (Å²) in [6.45, 7) is 2.73. The van der Waals surface area contributed by atoms with Crippen molar-refractivity contribution in [2.75, 3.05) is 19.7 Å². The van der Waals surface area contributed by atoms with Crippen LogP contribution in [0, 0.1) is 5.92 Å². The molecule has 0 saturated carbocycles. The minimum atomic E-state index is -4.39. The number of hydrogen-bond donors (Lipinski definition) is 3. The molecular formula is C17H23F3N2O3. The van der Waals surface area contributed by atoms with Gasteiger partial charge in [0, 0.05) is 18.5 Å². The highest BCUT2D eigenvalue weighted by molar-refractivity contribution is 5.78. The SMILES string of the molecule is C[C@H]1C[C@@H](C(=O)NCC(O)COc2ccc(C(F)(F)F)cc2)CCN1. The summed E-state index contributed by atoms with van der Waals surface area (Å²) in [5, 5.41) is 15.8. The fraction of sp³-hybridized carbons (Fsp3) is 0.588. The van der Waals surface area contributed by atoms with Crippen molar-refractivity contribution < 1.29 is 27.8 Å². The number of ether oxygens (including phenoxy) is 1. The van der Waals surface area contributed by atoms with Gasteiger partial charge in [-0.2, -0.15) is 13.2 Å². The van der Waals surface area contributed by atoms with Crippen LogP contribution in [0.5, 0.6) is 5.75 Å². The first-order valence-corrected chi connectivity index (χ1v) is 8.25. The largest absolute Gasteiger partial charge is 0.491 e. The second-order valence-electron chi connectivity index (χ2n) is 6.31. The summed E-state index contributed by atoms with van der Waals surface area (Å²) in [5.41, 5.74) is -0.760. The number of nitrogens with one attached hydrogen (secondary N) is 2. The van der Waals surface area contributed by atoms with E-state index in [1.165, 1.54) is 12.1 Å². The predicted octanol–water partition coefficient (Wildman–Crippen LogP) is 1.95.